The Hall–Kier alpha value is -1.59. The maximum absolute atomic E-state index is 12.9. The van der Waals surface area contributed by atoms with E-state index in [2.05, 4.69) is 41.5 Å². The number of carbonyl (C=O) groups is 3. The van der Waals surface area contributed by atoms with E-state index in [0.717, 1.165) is 75.5 Å². The Bertz CT molecular complexity index is 1110. The van der Waals surface area contributed by atoms with Crippen LogP contribution in [0.3, 0.4) is 0 Å². The summed E-state index contributed by atoms with van der Waals surface area (Å²) in [5.74, 6) is 1.74. The predicted molar refractivity (Wildman–Crippen MR) is 307 cm³/mol. The number of esters is 3. The summed E-state index contributed by atoms with van der Waals surface area (Å²) in [5.41, 5.74) is 0. The van der Waals surface area contributed by atoms with Gasteiger partial charge in [0.25, 0.3) is 0 Å². The van der Waals surface area contributed by atoms with Crippen molar-refractivity contribution < 1.29 is 28.6 Å². The molecule has 0 heterocycles. The first kappa shape index (κ1) is 69.4. The quantitative estimate of drug-likeness (QED) is 0.0343. The van der Waals surface area contributed by atoms with Crippen LogP contribution in [-0.4, -0.2) is 37.2 Å². The van der Waals surface area contributed by atoms with Gasteiger partial charge in [0.15, 0.2) is 6.10 Å². The second kappa shape index (κ2) is 56.1. The highest BCUT2D eigenvalue weighted by atomic mass is 16.6. The van der Waals surface area contributed by atoms with Gasteiger partial charge in [-0.05, 0) is 37.0 Å². The molecule has 422 valence electrons. The van der Waals surface area contributed by atoms with Crippen LogP contribution in [0.5, 0.6) is 0 Å². The molecule has 0 aliphatic carbocycles. The summed E-state index contributed by atoms with van der Waals surface area (Å²) in [5, 5.41) is 0. The van der Waals surface area contributed by atoms with Gasteiger partial charge < -0.3 is 14.2 Å². The SMILES string of the molecule is CCC(C)CCCCCCCCCCCCCCCCCCCCC(=O)OC[C@H](COC(=O)CCCCCCCCC(C)C)OC(=O)CCCCCCCCCCCCCCCCCCCCC(C)CC. The van der Waals surface area contributed by atoms with Crippen molar-refractivity contribution in [2.45, 2.75) is 369 Å². The van der Waals surface area contributed by atoms with E-state index >= 15 is 0 Å². The van der Waals surface area contributed by atoms with E-state index in [4.69, 9.17) is 14.2 Å². The van der Waals surface area contributed by atoms with Gasteiger partial charge in [-0.25, -0.2) is 0 Å². The number of hydrogen-bond acceptors (Lipinski definition) is 6. The van der Waals surface area contributed by atoms with Crippen LogP contribution in [0.1, 0.15) is 363 Å². The topological polar surface area (TPSA) is 78.9 Å². The number of carbonyl (C=O) groups excluding carboxylic acids is 3. The highest BCUT2D eigenvalue weighted by Gasteiger charge is 2.19. The van der Waals surface area contributed by atoms with Gasteiger partial charge in [-0.15, -0.1) is 0 Å². The molecular weight excluding hydrogens is 877 g/mol. The molecule has 0 fully saturated rings. The van der Waals surface area contributed by atoms with Gasteiger partial charge in [0.2, 0.25) is 0 Å². The highest BCUT2D eigenvalue weighted by molar-refractivity contribution is 5.71. The van der Waals surface area contributed by atoms with Crippen molar-refractivity contribution in [2.24, 2.45) is 17.8 Å². The molecule has 3 atom stereocenters. The molecule has 0 spiro atoms. The van der Waals surface area contributed by atoms with Gasteiger partial charge in [0.1, 0.15) is 13.2 Å². The summed E-state index contributed by atoms with van der Waals surface area (Å²) >= 11 is 0. The minimum absolute atomic E-state index is 0.0637. The lowest BCUT2D eigenvalue weighted by Crippen LogP contribution is -2.30. The number of hydrogen-bond donors (Lipinski definition) is 0. The molecule has 0 bridgehead atoms. The third kappa shape index (κ3) is 56.0. The van der Waals surface area contributed by atoms with Crippen LogP contribution in [0.2, 0.25) is 0 Å². The van der Waals surface area contributed by atoms with Crippen molar-refractivity contribution >= 4 is 17.9 Å². The van der Waals surface area contributed by atoms with Crippen LogP contribution in [0.25, 0.3) is 0 Å². The second-order valence-corrected chi connectivity index (χ2v) is 23.4. The van der Waals surface area contributed by atoms with Gasteiger partial charge >= 0.3 is 17.9 Å². The molecule has 0 saturated carbocycles. The van der Waals surface area contributed by atoms with Crippen molar-refractivity contribution in [1.29, 1.82) is 0 Å². The van der Waals surface area contributed by atoms with Gasteiger partial charge in [0.05, 0.1) is 0 Å². The fourth-order valence-corrected chi connectivity index (χ4v) is 10.00. The minimum atomic E-state index is -0.764. The predicted octanol–water partition coefficient (Wildman–Crippen LogP) is 21.5. The average Bonchev–Trinajstić information content (AvgIpc) is 3.36. The van der Waals surface area contributed by atoms with E-state index in [1.165, 1.54) is 244 Å². The Balaban J connectivity index is 4.15. The molecule has 0 aromatic carbocycles. The second-order valence-electron chi connectivity index (χ2n) is 23.4. The molecule has 0 saturated heterocycles. The zero-order valence-electron chi connectivity index (χ0n) is 49.0. The van der Waals surface area contributed by atoms with E-state index in [0.29, 0.717) is 19.3 Å². The number of ether oxygens (including phenoxy) is 3. The Morgan fingerprint density at radius 3 is 0.732 bits per heavy atom. The van der Waals surface area contributed by atoms with Crippen molar-refractivity contribution in [1.82, 2.24) is 0 Å². The minimum Gasteiger partial charge on any atom is -0.462 e. The molecule has 0 aliphatic heterocycles. The zero-order chi connectivity index (χ0) is 51.9. The van der Waals surface area contributed by atoms with E-state index < -0.39 is 6.10 Å². The van der Waals surface area contributed by atoms with Gasteiger partial charge in [0, 0.05) is 19.3 Å². The van der Waals surface area contributed by atoms with Gasteiger partial charge in [-0.1, -0.05) is 324 Å². The van der Waals surface area contributed by atoms with Crippen LogP contribution in [0.4, 0.5) is 0 Å². The Morgan fingerprint density at radius 1 is 0.282 bits per heavy atom. The van der Waals surface area contributed by atoms with E-state index in [-0.39, 0.29) is 31.1 Å². The average molecular weight is 1000 g/mol. The Kier molecular flexibility index (Phi) is 54.9. The van der Waals surface area contributed by atoms with Crippen molar-refractivity contribution in [3.63, 3.8) is 0 Å². The summed E-state index contributed by atoms with van der Waals surface area (Å²) in [6.45, 7) is 13.8. The Morgan fingerprint density at radius 2 is 0.493 bits per heavy atom. The summed E-state index contributed by atoms with van der Waals surface area (Å²) in [7, 11) is 0. The normalized spacial score (nSPS) is 12.9. The van der Waals surface area contributed by atoms with Crippen molar-refractivity contribution in [3.8, 4) is 0 Å². The fourth-order valence-electron chi connectivity index (χ4n) is 10.00. The number of rotatable bonds is 58. The first-order valence-electron chi connectivity index (χ1n) is 32.2. The molecule has 71 heavy (non-hydrogen) atoms. The molecule has 0 aromatic rings. The van der Waals surface area contributed by atoms with Crippen LogP contribution in [0, 0.1) is 17.8 Å². The molecule has 0 amide bonds. The lowest BCUT2D eigenvalue weighted by atomic mass is 9.99. The van der Waals surface area contributed by atoms with Crippen LogP contribution in [-0.2, 0) is 28.6 Å². The Labute approximate surface area is 444 Å². The standard InChI is InChI=1S/C65H126O6/c1-7-60(5)52-46-40-33-29-25-21-17-13-9-11-15-19-23-27-31-35-42-48-54-63(66)69-57-62(58-70-64(67)55-49-43-38-37-39-45-51-59(3)4)71-65(68)56-50-44-36-32-28-24-20-16-12-10-14-18-22-26-30-34-41-47-53-61(6)8-2/h59-62H,7-58H2,1-6H3/t60?,61?,62-/m1/s1. The first-order valence-corrected chi connectivity index (χ1v) is 32.2. The summed E-state index contributed by atoms with van der Waals surface area (Å²) < 4.78 is 16.9. The molecule has 0 aliphatic rings. The highest BCUT2D eigenvalue weighted by Crippen LogP contribution is 2.20. The van der Waals surface area contributed by atoms with Crippen molar-refractivity contribution in [2.75, 3.05) is 13.2 Å². The van der Waals surface area contributed by atoms with E-state index in [9.17, 15) is 14.4 Å². The van der Waals surface area contributed by atoms with E-state index in [1.807, 2.05) is 0 Å². The molecule has 0 N–H and O–H groups in total. The summed E-state index contributed by atoms with van der Waals surface area (Å²) in [4.78, 5) is 38.2. The van der Waals surface area contributed by atoms with Crippen LogP contribution >= 0.6 is 0 Å². The molecular formula is C65H126O6. The lowest BCUT2D eigenvalue weighted by molar-refractivity contribution is -0.167. The zero-order valence-corrected chi connectivity index (χ0v) is 49.0. The van der Waals surface area contributed by atoms with Crippen LogP contribution < -0.4 is 0 Å². The monoisotopic (exact) mass is 1000 g/mol. The van der Waals surface area contributed by atoms with E-state index in [1.54, 1.807) is 0 Å². The maximum Gasteiger partial charge on any atom is 0.306 e. The summed E-state index contributed by atoms with van der Waals surface area (Å²) in [6, 6.07) is 0. The van der Waals surface area contributed by atoms with Crippen molar-refractivity contribution in [3.05, 3.63) is 0 Å². The smallest absolute Gasteiger partial charge is 0.306 e. The van der Waals surface area contributed by atoms with Gasteiger partial charge in [-0.2, -0.15) is 0 Å². The lowest BCUT2D eigenvalue weighted by Gasteiger charge is -2.18. The molecule has 0 radical (unpaired) electrons. The molecule has 6 heteroatoms. The third-order valence-electron chi connectivity index (χ3n) is 15.6. The molecule has 0 rings (SSSR count). The summed E-state index contributed by atoms with van der Waals surface area (Å²) in [6.07, 6.45) is 61.2. The first-order chi connectivity index (χ1) is 34.7. The van der Waals surface area contributed by atoms with Crippen LogP contribution in [0.15, 0.2) is 0 Å². The molecule has 0 aromatic heterocycles. The molecule has 6 nitrogen and oxygen atoms in total. The third-order valence-corrected chi connectivity index (χ3v) is 15.6. The number of unbranched alkanes of at least 4 members (excludes halogenated alkanes) is 39. The molecule has 2 unspecified atom stereocenters. The largest absolute Gasteiger partial charge is 0.462 e. The fraction of sp³-hybridized carbons (Fsp3) is 0.954. The maximum atomic E-state index is 12.9. The van der Waals surface area contributed by atoms with Gasteiger partial charge in [-0.3, -0.25) is 14.4 Å².